The van der Waals surface area contributed by atoms with Crippen LogP contribution in [0.15, 0.2) is 36.5 Å². The number of pyridine rings is 2. The summed E-state index contributed by atoms with van der Waals surface area (Å²) in [6.45, 7) is 2.13. The highest BCUT2D eigenvalue weighted by atomic mass is 19.1. The standard InChI is InChI=1S/C27H26F3N5O5/c1-12-10-35(11-19(25(12)37)34-27(39)40)24-13-5-8-20(36)22(13)31-9-18(24)33-26(38)17-7-6-16(30)23(32-17)21-14(28)3-2-4-15(21)29/h2-4,6-7,9,12,19-20,25,34,36-37H,5,8,10-11H2,1H3,(H,33,38)(H,39,40)/t12-,19+,20?,25-/m0/s1. The maximum Gasteiger partial charge on any atom is 0.405 e. The number of carbonyl (C=O) groups is 2. The molecule has 0 spiro atoms. The van der Waals surface area contributed by atoms with Crippen LogP contribution in [-0.2, 0) is 6.42 Å². The van der Waals surface area contributed by atoms with Gasteiger partial charge in [-0.1, -0.05) is 13.0 Å². The van der Waals surface area contributed by atoms with Crippen LogP contribution in [-0.4, -0.2) is 62.5 Å². The minimum Gasteiger partial charge on any atom is -0.465 e. The van der Waals surface area contributed by atoms with E-state index in [9.17, 15) is 38.1 Å². The average molecular weight is 558 g/mol. The molecule has 3 aromatic rings. The van der Waals surface area contributed by atoms with Gasteiger partial charge in [-0.25, -0.2) is 22.9 Å². The van der Waals surface area contributed by atoms with Crippen molar-refractivity contribution < 1.29 is 38.1 Å². The lowest BCUT2D eigenvalue weighted by atomic mass is 9.91. The van der Waals surface area contributed by atoms with Gasteiger partial charge in [0.2, 0.25) is 0 Å². The SMILES string of the molecule is C[C@H]1CN(c2c(NC(=O)c3ccc(F)c(-c4c(F)cccc4F)n3)cnc3c2CCC3O)C[C@@H](NC(=O)O)[C@H]1O. The van der Waals surface area contributed by atoms with Gasteiger partial charge < -0.3 is 30.9 Å². The number of aromatic nitrogens is 2. The first kappa shape index (κ1) is 27.3. The maximum absolute atomic E-state index is 14.6. The van der Waals surface area contributed by atoms with Crippen molar-refractivity contribution >= 4 is 23.4 Å². The predicted octanol–water partition coefficient (Wildman–Crippen LogP) is 3.25. The van der Waals surface area contributed by atoms with Crippen molar-refractivity contribution in [2.45, 2.75) is 38.0 Å². The van der Waals surface area contributed by atoms with Crippen LogP contribution in [0.2, 0.25) is 0 Å². The molecule has 0 radical (unpaired) electrons. The molecule has 5 N–H and O–H groups in total. The molecule has 1 aliphatic heterocycles. The van der Waals surface area contributed by atoms with Crippen LogP contribution in [0.5, 0.6) is 0 Å². The molecule has 4 atom stereocenters. The zero-order valence-electron chi connectivity index (χ0n) is 21.2. The quantitative estimate of drug-likeness (QED) is 0.321. The Kier molecular flexibility index (Phi) is 7.34. The number of hydrogen-bond acceptors (Lipinski definition) is 7. The lowest BCUT2D eigenvalue weighted by molar-refractivity contribution is 0.0633. The number of nitrogens with one attached hydrogen (secondary N) is 2. The summed E-state index contributed by atoms with van der Waals surface area (Å²) in [4.78, 5) is 34.7. The number of halogens is 3. The van der Waals surface area contributed by atoms with Crippen molar-refractivity contribution in [2.24, 2.45) is 5.92 Å². The number of aliphatic hydroxyl groups is 2. The molecule has 1 saturated heterocycles. The number of hydrogen-bond donors (Lipinski definition) is 5. The third-order valence-electron chi connectivity index (χ3n) is 7.24. The van der Waals surface area contributed by atoms with E-state index in [0.717, 1.165) is 30.3 Å². The monoisotopic (exact) mass is 557 g/mol. The van der Waals surface area contributed by atoms with Crippen molar-refractivity contribution in [1.82, 2.24) is 15.3 Å². The number of nitrogens with zero attached hydrogens (tertiary/aromatic N) is 3. The van der Waals surface area contributed by atoms with Crippen LogP contribution >= 0.6 is 0 Å². The van der Waals surface area contributed by atoms with Crippen molar-refractivity contribution in [3.8, 4) is 11.3 Å². The minimum atomic E-state index is -1.30. The molecule has 40 heavy (non-hydrogen) atoms. The molecule has 1 fully saturated rings. The van der Waals surface area contributed by atoms with Crippen LogP contribution < -0.4 is 15.5 Å². The first-order valence-electron chi connectivity index (χ1n) is 12.6. The fraction of sp³-hybridized carbons (Fsp3) is 0.333. The molecule has 5 rings (SSSR count). The summed E-state index contributed by atoms with van der Waals surface area (Å²) in [5.74, 6) is -4.28. The van der Waals surface area contributed by atoms with Gasteiger partial charge in [-0.3, -0.25) is 9.78 Å². The summed E-state index contributed by atoms with van der Waals surface area (Å²) >= 11 is 0. The second kappa shape index (κ2) is 10.7. The van der Waals surface area contributed by atoms with Crippen LogP contribution in [0, 0.1) is 23.4 Å². The molecule has 1 unspecified atom stereocenters. The van der Waals surface area contributed by atoms with Gasteiger partial charge in [-0.2, -0.15) is 0 Å². The van der Waals surface area contributed by atoms with Gasteiger partial charge in [-0.15, -0.1) is 0 Å². The topological polar surface area (TPSA) is 148 Å². The number of rotatable bonds is 5. The maximum atomic E-state index is 14.6. The predicted molar refractivity (Wildman–Crippen MR) is 137 cm³/mol. The zero-order valence-corrected chi connectivity index (χ0v) is 21.2. The Morgan fingerprint density at radius 1 is 1.05 bits per heavy atom. The Morgan fingerprint density at radius 2 is 1.77 bits per heavy atom. The lowest BCUT2D eigenvalue weighted by Gasteiger charge is -2.42. The highest BCUT2D eigenvalue weighted by molar-refractivity contribution is 6.05. The van der Waals surface area contributed by atoms with Gasteiger partial charge in [0, 0.05) is 24.6 Å². The van der Waals surface area contributed by atoms with Crippen LogP contribution in [0.4, 0.5) is 29.3 Å². The van der Waals surface area contributed by atoms with E-state index in [0.29, 0.717) is 36.3 Å². The zero-order chi connectivity index (χ0) is 28.7. The van der Waals surface area contributed by atoms with Gasteiger partial charge >= 0.3 is 6.09 Å². The van der Waals surface area contributed by atoms with Crippen LogP contribution in [0.3, 0.4) is 0 Å². The average Bonchev–Trinajstić information content (AvgIpc) is 3.27. The van der Waals surface area contributed by atoms with Gasteiger partial charge in [0.05, 0.1) is 47.1 Å². The lowest BCUT2D eigenvalue weighted by Crippen LogP contribution is -2.58. The molecule has 10 nitrogen and oxygen atoms in total. The van der Waals surface area contributed by atoms with E-state index in [1.165, 1.54) is 6.20 Å². The van der Waals surface area contributed by atoms with E-state index < -0.39 is 59.0 Å². The molecular formula is C27H26F3N5O5. The Bertz CT molecular complexity index is 1470. The van der Waals surface area contributed by atoms with E-state index in [2.05, 4.69) is 20.6 Å². The summed E-state index contributed by atoms with van der Waals surface area (Å²) in [5, 5.41) is 35.2. The Morgan fingerprint density at radius 3 is 2.48 bits per heavy atom. The molecule has 13 heteroatoms. The van der Waals surface area contributed by atoms with E-state index >= 15 is 0 Å². The van der Waals surface area contributed by atoms with Gasteiger partial charge in [0.1, 0.15) is 28.8 Å². The van der Waals surface area contributed by atoms with Crippen molar-refractivity contribution in [2.75, 3.05) is 23.3 Å². The van der Waals surface area contributed by atoms with E-state index in [4.69, 9.17) is 0 Å². The molecule has 210 valence electrons. The summed E-state index contributed by atoms with van der Waals surface area (Å²) < 4.78 is 43.2. The number of aliphatic hydroxyl groups excluding tert-OH is 2. The second-order valence-corrected chi connectivity index (χ2v) is 9.95. The third-order valence-corrected chi connectivity index (χ3v) is 7.24. The largest absolute Gasteiger partial charge is 0.465 e. The van der Waals surface area contributed by atoms with E-state index in [1.54, 1.807) is 6.92 Å². The third kappa shape index (κ3) is 5.05. The normalized spacial score (nSPS) is 22.1. The second-order valence-electron chi connectivity index (χ2n) is 9.95. The van der Waals surface area contributed by atoms with Crippen LogP contribution in [0.25, 0.3) is 11.3 Å². The Labute approximate surface area is 226 Å². The number of carbonyl (C=O) groups excluding carboxylic acids is 1. The number of amides is 2. The highest BCUT2D eigenvalue weighted by Crippen LogP contribution is 2.42. The highest BCUT2D eigenvalue weighted by Gasteiger charge is 2.38. The van der Waals surface area contributed by atoms with E-state index in [1.807, 2.05) is 4.90 Å². The molecule has 3 heterocycles. The number of fused-ring (bicyclic) bond motifs is 1. The fourth-order valence-corrected chi connectivity index (χ4v) is 5.36. The molecule has 2 amide bonds. The number of anilines is 2. The summed E-state index contributed by atoms with van der Waals surface area (Å²) in [6, 6.07) is 4.15. The molecule has 0 bridgehead atoms. The van der Waals surface area contributed by atoms with Crippen LogP contribution in [0.1, 0.15) is 41.2 Å². The van der Waals surface area contributed by atoms with Gasteiger partial charge in [0.15, 0.2) is 0 Å². The van der Waals surface area contributed by atoms with Crippen molar-refractivity contribution in [3.05, 3.63) is 70.9 Å². The molecule has 0 saturated carbocycles. The molecule has 2 aromatic heterocycles. The molecule has 2 aliphatic rings. The number of piperidine rings is 1. The smallest absolute Gasteiger partial charge is 0.405 e. The fourth-order valence-electron chi connectivity index (χ4n) is 5.36. The minimum absolute atomic E-state index is 0.0682. The first-order valence-corrected chi connectivity index (χ1v) is 12.6. The number of benzene rings is 1. The summed E-state index contributed by atoms with van der Waals surface area (Å²) in [7, 11) is 0. The summed E-state index contributed by atoms with van der Waals surface area (Å²) in [6.07, 6.45) is -0.906. The van der Waals surface area contributed by atoms with Crippen molar-refractivity contribution in [1.29, 1.82) is 0 Å². The Balaban J connectivity index is 1.52. The molecule has 1 aliphatic carbocycles. The van der Waals surface area contributed by atoms with Gasteiger partial charge in [0.25, 0.3) is 5.91 Å². The first-order chi connectivity index (χ1) is 19.0. The molecule has 1 aromatic carbocycles. The van der Waals surface area contributed by atoms with Gasteiger partial charge in [-0.05, 0) is 37.1 Å². The van der Waals surface area contributed by atoms with E-state index in [-0.39, 0.29) is 23.8 Å². The molecular weight excluding hydrogens is 531 g/mol. The Hall–Kier alpha value is -4.23. The van der Waals surface area contributed by atoms with Crippen molar-refractivity contribution in [3.63, 3.8) is 0 Å². The summed E-state index contributed by atoms with van der Waals surface area (Å²) in [5.41, 5.74) is 0.0873. The number of carboxylic acid groups (broad SMARTS) is 1.